The van der Waals surface area contributed by atoms with Crippen LogP contribution >= 0.6 is 0 Å². The van der Waals surface area contributed by atoms with Crippen LogP contribution in [0.3, 0.4) is 0 Å². The summed E-state index contributed by atoms with van der Waals surface area (Å²) in [6.07, 6.45) is 1.68. The van der Waals surface area contributed by atoms with Gasteiger partial charge in [0.05, 0.1) is 20.1 Å². The van der Waals surface area contributed by atoms with E-state index in [4.69, 9.17) is 9.47 Å². The SMILES string of the molecule is COc1cc(O)c(C/C=C(/C)CO)c2c1C(=O)C[C@H](c1ccc(O)cc1)O2. The first-order chi connectivity index (χ1) is 12.9. The van der Waals surface area contributed by atoms with Gasteiger partial charge in [0, 0.05) is 11.6 Å². The third-order valence-electron chi connectivity index (χ3n) is 4.62. The van der Waals surface area contributed by atoms with Crippen LogP contribution in [0.5, 0.6) is 23.0 Å². The largest absolute Gasteiger partial charge is 0.508 e. The fraction of sp³-hybridized carbons (Fsp3) is 0.286. The monoisotopic (exact) mass is 370 g/mol. The molecule has 0 amide bonds. The Morgan fingerprint density at radius 1 is 1.30 bits per heavy atom. The van der Waals surface area contributed by atoms with E-state index in [9.17, 15) is 20.1 Å². The molecule has 1 aliphatic heterocycles. The number of Topliss-reactive ketones (excluding diaryl/α,β-unsaturated/α-hetero) is 1. The Kier molecular flexibility index (Phi) is 5.37. The van der Waals surface area contributed by atoms with Gasteiger partial charge in [0.25, 0.3) is 0 Å². The van der Waals surface area contributed by atoms with Gasteiger partial charge in [0.2, 0.25) is 0 Å². The number of fused-ring (bicyclic) bond motifs is 1. The summed E-state index contributed by atoms with van der Waals surface area (Å²) in [7, 11) is 1.43. The molecule has 3 rings (SSSR count). The van der Waals surface area contributed by atoms with Gasteiger partial charge < -0.3 is 24.8 Å². The average molecular weight is 370 g/mol. The van der Waals surface area contributed by atoms with Crippen LogP contribution in [0.4, 0.5) is 0 Å². The molecule has 0 fully saturated rings. The molecule has 0 aromatic heterocycles. The van der Waals surface area contributed by atoms with Gasteiger partial charge in [-0.3, -0.25) is 4.79 Å². The van der Waals surface area contributed by atoms with E-state index in [1.54, 1.807) is 25.1 Å². The molecule has 0 radical (unpaired) electrons. The predicted octanol–water partition coefficient (Wildman–Crippen LogP) is 3.29. The third kappa shape index (κ3) is 3.75. The van der Waals surface area contributed by atoms with Gasteiger partial charge in [-0.2, -0.15) is 0 Å². The fourth-order valence-electron chi connectivity index (χ4n) is 3.08. The number of hydrogen-bond donors (Lipinski definition) is 3. The van der Waals surface area contributed by atoms with Crippen LogP contribution < -0.4 is 9.47 Å². The second-order valence-electron chi connectivity index (χ2n) is 6.52. The number of aromatic hydroxyl groups is 2. The molecule has 3 N–H and O–H groups in total. The number of hydrogen-bond acceptors (Lipinski definition) is 6. The second kappa shape index (κ2) is 7.72. The minimum Gasteiger partial charge on any atom is -0.508 e. The highest BCUT2D eigenvalue weighted by Crippen LogP contribution is 2.46. The molecule has 27 heavy (non-hydrogen) atoms. The molecular weight excluding hydrogens is 348 g/mol. The lowest BCUT2D eigenvalue weighted by Crippen LogP contribution is -2.22. The van der Waals surface area contributed by atoms with Gasteiger partial charge >= 0.3 is 0 Å². The summed E-state index contributed by atoms with van der Waals surface area (Å²) in [5, 5.41) is 29.1. The Bertz CT molecular complexity index is 883. The Morgan fingerprint density at radius 3 is 2.63 bits per heavy atom. The number of aliphatic hydroxyl groups excluding tert-OH is 1. The van der Waals surface area contributed by atoms with Crippen molar-refractivity contribution < 1.29 is 29.6 Å². The zero-order valence-electron chi connectivity index (χ0n) is 15.2. The molecule has 6 nitrogen and oxygen atoms in total. The molecule has 6 heteroatoms. The highest BCUT2D eigenvalue weighted by molar-refractivity contribution is 6.03. The highest BCUT2D eigenvalue weighted by atomic mass is 16.5. The van der Waals surface area contributed by atoms with Crippen LogP contribution in [0, 0.1) is 0 Å². The van der Waals surface area contributed by atoms with Crippen molar-refractivity contribution in [2.24, 2.45) is 0 Å². The molecule has 142 valence electrons. The molecule has 0 saturated carbocycles. The van der Waals surface area contributed by atoms with E-state index in [1.807, 2.05) is 0 Å². The number of rotatable bonds is 5. The normalized spacial score (nSPS) is 16.6. The van der Waals surface area contributed by atoms with Gasteiger partial charge in [-0.15, -0.1) is 0 Å². The number of phenolic OH excluding ortho intramolecular Hbond substituents is 2. The van der Waals surface area contributed by atoms with Gasteiger partial charge in [-0.05, 0) is 31.0 Å². The van der Waals surface area contributed by atoms with Crippen molar-refractivity contribution in [3.63, 3.8) is 0 Å². The molecule has 2 aromatic carbocycles. The Morgan fingerprint density at radius 2 is 2.00 bits per heavy atom. The van der Waals surface area contributed by atoms with Crippen molar-refractivity contribution >= 4 is 5.78 Å². The number of phenols is 2. The number of carbonyl (C=O) groups is 1. The summed E-state index contributed by atoms with van der Waals surface area (Å²) >= 11 is 0. The van der Waals surface area contributed by atoms with Crippen LogP contribution in [0.25, 0.3) is 0 Å². The van der Waals surface area contributed by atoms with Gasteiger partial charge in [0.15, 0.2) is 5.78 Å². The summed E-state index contributed by atoms with van der Waals surface area (Å²) in [4.78, 5) is 12.8. The van der Waals surface area contributed by atoms with Crippen LogP contribution in [0.2, 0.25) is 0 Å². The first-order valence-corrected chi connectivity index (χ1v) is 8.62. The van der Waals surface area contributed by atoms with Crippen LogP contribution in [-0.2, 0) is 6.42 Å². The zero-order valence-corrected chi connectivity index (χ0v) is 15.2. The topological polar surface area (TPSA) is 96.2 Å². The van der Waals surface area contributed by atoms with E-state index in [0.29, 0.717) is 23.3 Å². The van der Waals surface area contributed by atoms with Crippen molar-refractivity contribution in [2.45, 2.75) is 25.9 Å². The summed E-state index contributed by atoms with van der Waals surface area (Å²) in [6.45, 7) is 1.69. The molecule has 0 spiro atoms. The molecule has 1 aliphatic rings. The standard InChI is InChI=1S/C21H22O6/c1-12(11-22)3-8-15-16(24)9-19(26-2)20-17(25)10-18(27-21(15)20)13-4-6-14(23)7-5-13/h3-7,9,18,22-24H,8,10-11H2,1-2H3/b12-3-/t18-/m1/s1. The molecule has 1 atom stereocenters. The zero-order chi connectivity index (χ0) is 19.6. The van der Waals surface area contributed by atoms with E-state index in [2.05, 4.69) is 0 Å². The van der Waals surface area contributed by atoms with Crippen LogP contribution in [0.15, 0.2) is 42.0 Å². The number of aliphatic hydroxyl groups is 1. The number of ketones is 1. The van der Waals surface area contributed by atoms with E-state index in [-0.39, 0.29) is 36.1 Å². The number of carbonyl (C=O) groups excluding carboxylic acids is 1. The Labute approximate surface area is 157 Å². The summed E-state index contributed by atoms with van der Waals surface area (Å²) in [5.74, 6) is 0.513. The van der Waals surface area contributed by atoms with Gasteiger partial charge in [-0.25, -0.2) is 0 Å². The fourth-order valence-corrected chi connectivity index (χ4v) is 3.08. The lowest BCUT2D eigenvalue weighted by molar-refractivity contribution is 0.0842. The molecule has 0 unspecified atom stereocenters. The predicted molar refractivity (Wildman–Crippen MR) is 99.6 cm³/mol. The summed E-state index contributed by atoms with van der Waals surface area (Å²) < 4.78 is 11.4. The van der Waals surface area contributed by atoms with Crippen molar-refractivity contribution in [3.05, 3.63) is 58.7 Å². The van der Waals surface area contributed by atoms with E-state index < -0.39 is 6.10 Å². The molecule has 2 aromatic rings. The van der Waals surface area contributed by atoms with Crippen molar-refractivity contribution in [1.82, 2.24) is 0 Å². The van der Waals surface area contributed by atoms with Crippen molar-refractivity contribution in [1.29, 1.82) is 0 Å². The smallest absolute Gasteiger partial charge is 0.174 e. The molecule has 0 bridgehead atoms. The first kappa shape index (κ1) is 18.8. The maximum atomic E-state index is 12.8. The number of ether oxygens (including phenoxy) is 2. The lowest BCUT2D eigenvalue weighted by atomic mass is 9.92. The summed E-state index contributed by atoms with van der Waals surface area (Å²) in [6, 6.07) is 7.89. The molecule has 1 heterocycles. The Hall–Kier alpha value is -2.99. The molecule has 0 aliphatic carbocycles. The molecular formula is C21H22O6. The third-order valence-corrected chi connectivity index (χ3v) is 4.62. The first-order valence-electron chi connectivity index (χ1n) is 8.62. The quantitative estimate of drug-likeness (QED) is 0.699. The average Bonchev–Trinajstić information content (AvgIpc) is 2.66. The van der Waals surface area contributed by atoms with E-state index >= 15 is 0 Å². The number of benzene rings is 2. The van der Waals surface area contributed by atoms with Gasteiger partial charge in [0.1, 0.15) is 34.7 Å². The maximum absolute atomic E-state index is 12.8. The maximum Gasteiger partial charge on any atom is 0.174 e. The summed E-state index contributed by atoms with van der Waals surface area (Å²) in [5.41, 5.74) is 2.28. The number of allylic oxidation sites excluding steroid dienone is 1. The Balaban J connectivity index is 2.07. The van der Waals surface area contributed by atoms with E-state index in [0.717, 1.165) is 11.1 Å². The van der Waals surface area contributed by atoms with E-state index in [1.165, 1.54) is 25.3 Å². The minimum atomic E-state index is -0.529. The molecule has 0 saturated heterocycles. The number of methoxy groups -OCH3 is 1. The lowest BCUT2D eigenvalue weighted by Gasteiger charge is -2.29. The minimum absolute atomic E-state index is 0.0354. The van der Waals surface area contributed by atoms with Crippen LogP contribution in [-0.4, -0.2) is 34.8 Å². The van der Waals surface area contributed by atoms with Gasteiger partial charge in [-0.1, -0.05) is 23.8 Å². The van der Waals surface area contributed by atoms with Crippen molar-refractivity contribution in [3.8, 4) is 23.0 Å². The highest BCUT2D eigenvalue weighted by Gasteiger charge is 2.33. The van der Waals surface area contributed by atoms with Crippen molar-refractivity contribution in [2.75, 3.05) is 13.7 Å². The second-order valence-corrected chi connectivity index (χ2v) is 6.52. The van der Waals surface area contributed by atoms with Crippen LogP contribution in [0.1, 0.15) is 40.9 Å².